The van der Waals surface area contributed by atoms with Crippen LogP contribution in [0, 0.1) is 6.92 Å². The van der Waals surface area contributed by atoms with Gasteiger partial charge in [0, 0.05) is 23.9 Å². The second-order valence-electron chi connectivity index (χ2n) is 3.04. The predicted octanol–water partition coefficient (Wildman–Crippen LogP) is 0.257. The van der Waals surface area contributed by atoms with Gasteiger partial charge in [-0.1, -0.05) is 0 Å². The van der Waals surface area contributed by atoms with Crippen LogP contribution in [0.4, 0.5) is 5.95 Å². The van der Waals surface area contributed by atoms with E-state index in [1.807, 2.05) is 19.9 Å². The summed E-state index contributed by atoms with van der Waals surface area (Å²) in [4.78, 5) is 8.03. The molecule has 12 heavy (non-hydrogen) atoms. The maximum atomic E-state index is 5.62. The molecule has 0 aliphatic carbocycles. The lowest BCUT2D eigenvalue weighted by atomic mass is 10.2. The molecule has 0 saturated carbocycles. The minimum Gasteiger partial charge on any atom is -0.368 e. The second-order valence-corrected chi connectivity index (χ2v) is 3.04. The molecule has 0 amide bonds. The highest BCUT2D eigenvalue weighted by Crippen LogP contribution is 2.03. The number of nitrogen functional groups attached to an aromatic ring is 1. The first kappa shape index (κ1) is 8.93. The van der Waals surface area contributed by atoms with Gasteiger partial charge in [-0.2, -0.15) is 0 Å². The molecule has 1 aromatic heterocycles. The summed E-state index contributed by atoms with van der Waals surface area (Å²) in [6, 6.07) is 2.01. The average Bonchev–Trinajstić information content (AvgIpc) is 1.81. The standard InChI is InChI=1S/C8H14N4/c1-5(9)3-7-4-6(2)11-8(10)12-7/h4-5H,3,9H2,1-2H3,(H2,10,11,12). The van der Waals surface area contributed by atoms with Gasteiger partial charge >= 0.3 is 0 Å². The third-order valence-corrected chi connectivity index (χ3v) is 1.46. The maximum absolute atomic E-state index is 5.62. The van der Waals surface area contributed by atoms with E-state index < -0.39 is 0 Å². The van der Waals surface area contributed by atoms with Crippen LogP contribution >= 0.6 is 0 Å². The van der Waals surface area contributed by atoms with Gasteiger partial charge in [0.25, 0.3) is 0 Å². The quantitative estimate of drug-likeness (QED) is 0.660. The van der Waals surface area contributed by atoms with Crippen LogP contribution < -0.4 is 11.5 Å². The highest BCUT2D eigenvalue weighted by atomic mass is 15.0. The van der Waals surface area contributed by atoms with Crippen molar-refractivity contribution in [2.45, 2.75) is 26.3 Å². The molecule has 0 fully saturated rings. The van der Waals surface area contributed by atoms with Crippen LogP contribution in [0.25, 0.3) is 0 Å². The first-order chi connectivity index (χ1) is 5.58. The molecule has 0 radical (unpaired) electrons. The molecule has 1 aromatic rings. The van der Waals surface area contributed by atoms with Gasteiger partial charge in [-0.15, -0.1) is 0 Å². The van der Waals surface area contributed by atoms with Crippen molar-refractivity contribution in [1.82, 2.24) is 9.97 Å². The zero-order chi connectivity index (χ0) is 9.14. The number of nitrogens with two attached hydrogens (primary N) is 2. The van der Waals surface area contributed by atoms with Gasteiger partial charge in [-0.05, 0) is 19.9 Å². The van der Waals surface area contributed by atoms with Gasteiger partial charge in [-0.3, -0.25) is 0 Å². The number of anilines is 1. The molecule has 0 bridgehead atoms. The SMILES string of the molecule is Cc1cc(CC(C)N)nc(N)n1. The molecule has 1 rings (SSSR count). The molecule has 4 nitrogen and oxygen atoms in total. The molecule has 4 N–H and O–H groups in total. The number of aromatic nitrogens is 2. The number of hydrogen-bond donors (Lipinski definition) is 2. The summed E-state index contributed by atoms with van der Waals surface area (Å²) in [6.07, 6.45) is 0.744. The van der Waals surface area contributed by atoms with Gasteiger partial charge in [0.05, 0.1) is 0 Å². The first-order valence-corrected chi connectivity index (χ1v) is 3.93. The van der Waals surface area contributed by atoms with E-state index in [9.17, 15) is 0 Å². The Labute approximate surface area is 72.0 Å². The van der Waals surface area contributed by atoms with E-state index >= 15 is 0 Å². The topological polar surface area (TPSA) is 77.8 Å². The maximum Gasteiger partial charge on any atom is 0.220 e. The van der Waals surface area contributed by atoms with Crippen LogP contribution in [0.3, 0.4) is 0 Å². The van der Waals surface area contributed by atoms with Gasteiger partial charge in [0.2, 0.25) is 5.95 Å². The molecule has 0 aliphatic rings. The highest BCUT2D eigenvalue weighted by Gasteiger charge is 2.01. The number of rotatable bonds is 2. The Kier molecular flexibility index (Phi) is 2.60. The van der Waals surface area contributed by atoms with Crippen molar-refractivity contribution < 1.29 is 0 Å². The van der Waals surface area contributed by atoms with Crippen LogP contribution in [-0.4, -0.2) is 16.0 Å². The zero-order valence-electron chi connectivity index (χ0n) is 7.41. The van der Waals surface area contributed by atoms with E-state index in [0.29, 0.717) is 5.95 Å². The molecule has 1 atom stereocenters. The fraction of sp³-hybridized carbons (Fsp3) is 0.500. The van der Waals surface area contributed by atoms with Gasteiger partial charge in [-0.25, -0.2) is 9.97 Å². The van der Waals surface area contributed by atoms with Crippen LogP contribution in [0.15, 0.2) is 6.07 Å². The number of aryl methyl sites for hydroxylation is 1. The molecule has 1 heterocycles. The van der Waals surface area contributed by atoms with Gasteiger partial charge < -0.3 is 11.5 Å². The molecule has 0 aliphatic heterocycles. The van der Waals surface area contributed by atoms with Crippen molar-refractivity contribution in [2.24, 2.45) is 5.73 Å². The van der Waals surface area contributed by atoms with Crippen molar-refractivity contribution in [3.05, 3.63) is 17.5 Å². The molecular weight excluding hydrogens is 152 g/mol. The largest absolute Gasteiger partial charge is 0.368 e. The van der Waals surface area contributed by atoms with Crippen molar-refractivity contribution in [3.8, 4) is 0 Å². The number of hydrogen-bond acceptors (Lipinski definition) is 4. The average molecular weight is 166 g/mol. The van der Waals surface area contributed by atoms with E-state index in [-0.39, 0.29) is 6.04 Å². The van der Waals surface area contributed by atoms with E-state index in [1.165, 1.54) is 0 Å². The summed E-state index contributed by atoms with van der Waals surface area (Å²) >= 11 is 0. The van der Waals surface area contributed by atoms with E-state index in [0.717, 1.165) is 17.8 Å². The summed E-state index contributed by atoms with van der Waals surface area (Å²) in [5.74, 6) is 0.325. The van der Waals surface area contributed by atoms with Crippen LogP contribution in [0.2, 0.25) is 0 Å². The van der Waals surface area contributed by atoms with E-state index in [2.05, 4.69) is 9.97 Å². The van der Waals surface area contributed by atoms with Crippen molar-refractivity contribution >= 4 is 5.95 Å². The van der Waals surface area contributed by atoms with Crippen molar-refractivity contribution in [1.29, 1.82) is 0 Å². The Hall–Kier alpha value is -1.16. The van der Waals surface area contributed by atoms with Crippen LogP contribution in [0.1, 0.15) is 18.3 Å². The Morgan fingerprint density at radius 3 is 2.67 bits per heavy atom. The third-order valence-electron chi connectivity index (χ3n) is 1.46. The van der Waals surface area contributed by atoms with E-state index in [1.54, 1.807) is 0 Å². The van der Waals surface area contributed by atoms with Crippen molar-refractivity contribution in [3.63, 3.8) is 0 Å². The molecule has 1 unspecified atom stereocenters. The molecular formula is C8H14N4. The summed E-state index contributed by atoms with van der Waals surface area (Å²) in [5, 5.41) is 0. The molecule has 66 valence electrons. The van der Waals surface area contributed by atoms with Crippen molar-refractivity contribution in [2.75, 3.05) is 5.73 Å². The smallest absolute Gasteiger partial charge is 0.220 e. The van der Waals surface area contributed by atoms with Crippen LogP contribution in [-0.2, 0) is 6.42 Å². The lowest BCUT2D eigenvalue weighted by Crippen LogP contribution is -2.19. The molecule has 4 heteroatoms. The summed E-state index contributed by atoms with van der Waals surface area (Å²) < 4.78 is 0. The molecule has 0 saturated heterocycles. The molecule has 0 spiro atoms. The summed E-state index contributed by atoms with van der Waals surface area (Å²) in [7, 11) is 0. The fourth-order valence-electron chi connectivity index (χ4n) is 1.09. The summed E-state index contributed by atoms with van der Waals surface area (Å²) in [5.41, 5.74) is 12.9. The van der Waals surface area contributed by atoms with Gasteiger partial charge in [0.1, 0.15) is 0 Å². The summed E-state index contributed by atoms with van der Waals surface area (Å²) in [6.45, 7) is 3.83. The van der Waals surface area contributed by atoms with Crippen LogP contribution in [0.5, 0.6) is 0 Å². The lowest BCUT2D eigenvalue weighted by molar-refractivity contribution is 0.720. The Bertz CT molecular complexity index is 250. The van der Waals surface area contributed by atoms with E-state index in [4.69, 9.17) is 11.5 Å². The van der Waals surface area contributed by atoms with Gasteiger partial charge in [0.15, 0.2) is 0 Å². The minimum absolute atomic E-state index is 0.110. The monoisotopic (exact) mass is 166 g/mol. The normalized spacial score (nSPS) is 12.9. The Morgan fingerprint density at radius 1 is 1.50 bits per heavy atom. The lowest BCUT2D eigenvalue weighted by Gasteiger charge is -2.05. The Balaban J connectivity index is 2.85. The molecule has 0 aromatic carbocycles. The Morgan fingerprint density at radius 2 is 2.17 bits per heavy atom. The predicted molar refractivity (Wildman–Crippen MR) is 48.5 cm³/mol. The highest BCUT2D eigenvalue weighted by molar-refractivity contribution is 5.22. The number of nitrogens with zero attached hydrogens (tertiary/aromatic N) is 2. The third kappa shape index (κ3) is 2.47. The first-order valence-electron chi connectivity index (χ1n) is 3.93. The minimum atomic E-state index is 0.110. The zero-order valence-corrected chi connectivity index (χ0v) is 7.41. The second kappa shape index (κ2) is 3.49. The fourth-order valence-corrected chi connectivity index (χ4v) is 1.09.